The molecule has 0 saturated carbocycles. The van der Waals surface area contributed by atoms with E-state index in [0.717, 1.165) is 18.5 Å². The highest BCUT2D eigenvalue weighted by atomic mass is 32.2. The fourth-order valence-corrected chi connectivity index (χ4v) is 3.75. The van der Waals surface area contributed by atoms with Gasteiger partial charge in [-0.05, 0) is 43.2 Å². The summed E-state index contributed by atoms with van der Waals surface area (Å²) < 4.78 is 27.0. The van der Waals surface area contributed by atoms with Gasteiger partial charge in [-0.1, -0.05) is 23.8 Å². The molecule has 122 valence electrons. The summed E-state index contributed by atoms with van der Waals surface area (Å²) in [4.78, 5) is 2.99. The molecule has 0 amide bonds. The van der Waals surface area contributed by atoms with Crippen LogP contribution in [-0.4, -0.2) is 31.1 Å². The third-order valence-corrected chi connectivity index (χ3v) is 5.25. The van der Waals surface area contributed by atoms with Crippen molar-refractivity contribution in [1.29, 1.82) is 0 Å². The van der Waals surface area contributed by atoms with Crippen molar-refractivity contribution < 1.29 is 8.42 Å². The molecule has 0 unspecified atom stereocenters. The first-order valence-electron chi connectivity index (χ1n) is 7.66. The number of benzene rings is 1. The first-order chi connectivity index (χ1) is 11.0. The first-order valence-corrected chi connectivity index (χ1v) is 9.14. The Labute approximate surface area is 137 Å². The van der Waals surface area contributed by atoms with Crippen molar-refractivity contribution in [2.75, 3.05) is 13.1 Å². The lowest BCUT2D eigenvalue weighted by atomic mass is 10.1. The molecule has 0 fully saturated rings. The summed E-state index contributed by atoms with van der Waals surface area (Å²) in [5, 5.41) is 1.77. The molecule has 0 atom stereocenters. The minimum Gasteiger partial charge on any atom is -0.350 e. The number of rotatable bonds is 5. The molecule has 6 heteroatoms. The van der Waals surface area contributed by atoms with Crippen LogP contribution >= 0.6 is 0 Å². The average molecular weight is 331 g/mol. The van der Waals surface area contributed by atoms with Gasteiger partial charge < -0.3 is 4.57 Å². The molecule has 2 heterocycles. The second kappa shape index (κ2) is 6.70. The largest absolute Gasteiger partial charge is 0.350 e. The van der Waals surface area contributed by atoms with Gasteiger partial charge in [0.2, 0.25) is 0 Å². The van der Waals surface area contributed by atoms with Gasteiger partial charge >= 0.3 is 0 Å². The Hall–Kier alpha value is -1.89. The number of sulfonamides is 1. The van der Waals surface area contributed by atoms with Crippen LogP contribution in [0, 0.1) is 6.92 Å². The van der Waals surface area contributed by atoms with Crippen LogP contribution < -0.4 is 4.83 Å². The van der Waals surface area contributed by atoms with E-state index in [4.69, 9.17) is 0 Å². The van der Waals surface area contributed by atoms with Gasteiger partial charge in [-0.2, -0.15) is 0 Å². The molecule has 1 aromatic carbocycles. The van der Waals surface area contributed by atoms with Gasteiger partial charge in [0.25, 0.3) is 10.0 Å². The van der Waals surface area contributed by atoms with Gasteiger partial charge in [0.1, 0.15) is 0 Å². The minimum atomic E-state index is -3.52. The fraction of sp³-hybridized carbons (Fsp3) is 0.294. The Morgan fingerprint density at radius 1 is 1.13 bits per heavy atom. The van der Waals surface area contributed by atoms with Crippen molar-refractivity contribution in [1.82, 2.24) is 14.4 Å². The smallest absolute Gasteiger partial charge is 0.253 e. The maximum absolute atomic E-state index is 12.5. The van der Waals surface area contributed by atoms with Gasteiger partial charge in [0, 0.05) is 32.0 Å². The van der Waals surface area contributed by atoms with Gasteiger partial charge in [-0.15, -0.1) is 4.83 Å². The van der Waals surface area contributed by atoms with E-state index in [1.54, 1.807) is 17.1 Å². The molecule has 2 aromatic rings. The molecule has 23 heavy (non-hydrogen) atoms. The summed E-state index contributed by atoms with van der Waals surface area (Å²) in [6, 6.07) is 10.9. The van der Waals surface area contributed by atoms with Crippen LogP contribution in [0.4, 0.5) is 0 Å². The quantitative estimate of drug-likeness (QED) is 0.856. The summed E-state index contributed by atoms with van der Waals surface area (Å²) in [5.74, 6) is 0. The van der Waals surface area contributed by atoms with E-state index < -0.39 is 10.0 Å². The highest BCUT2D eigenvalue weighted by Crippen LogP contribution is 2.14. The molecule has 0 radical (unpaired) electrons. The number of hydrogen-bond donors (Lipinski definition) is 1. The standard InChI is InChI=1S/C17H21N3O2S/c1-15-6-8-17(9-7-15)23(21,22)18-20-12-4-5-16(14-20)13-19-10-2-3-11-19/h2-3,5-11,18H,4,12-14H2,1H3. The summed E-state index contributed by atoms with van der Waals surface area (Å²) >= 11 is 0. The van der Waals surface area contributed by atoms with E-state index in [1.165, 1.54) is 5.57 Å². The van der Waals surface area contributed by atoms with Crippen LogP contribution in [0.25, 0.3) is 0 Å². The molecule has 0 saturated heterocycles. The summed E-state index contributed by atoms with van der Waals surface area (Å²) in [7, 11) is -3.52. The zero-order chi connectivity index (χ0) is 16.3. The Morgan fingerprint density at radius 3 is 2.52 bits per heavy atom. The van der Waals surface area contributed by atoms with E-state index >= 15 is 0 Å². The van der Waals surface area contributed by atoms with E-state index in [2.05, 4.69) is 15.5 Å². The fourth-order valence-electron chi connectivity index (χ4n) is 2.66. The molecule has 1 N–H and O–H groups in total. The number of aromatic nitrogens is 1. The van der Waals surface area contributed by atoms with Crippen LogP contribution in [-0.2, 0) is 16.6 Å². The topological polar surface area (TPSA) is 54.3 Å². The van der Waals surface area contributed by atoms with Crippen molar-refractivity contribution in [3.05, 3.63) is 66.0 Å². The normalized spacial score (nSPS) is 16.3. The van der Waals surface area contributed by atoms with E-state index in [-0.39, 0.29) is 0 Å². The molecule has 0 bridgehead atoms. The summed E-state index contributed by atoms with van der Waals surface area (Å²) in [5.41, 5.74) is 2.25. The van der Waals surface area contributed by atoms with Gasteiger partial charge in [-0.25, -0.2) is 13.4 Å². The molecule has 0 aliphatic carbocycles. The van der Waals surface area contributed by atoms with Gasteiger partial charge in [0.05, 0.1) is 4.90 Å². The maximum atomic E-state index is 12.5. The number of hydrogen-bond acceptors (Lipinski definition) is 3. The second-order valence-electron chi connectivity index (χ2n) is 5.84. The number of aryl methyl sites for hydroxylation is 1. The Balaban J connectivity index is 1.66. The van der Waals surface area contributed by atoms with Crippen molar-refractivity contribution >= 4 is 10.0 Å². The van der Waals surface area contributed by atoms with Crippen LogP contribution in [0.5, 0.6) is 0 Å². The molecule has 0 spiro atoms. The van der Waals surface area contributed by atoms with Crippen LogP contribution in [0.3, 0.4) is 0 Å². The molecule has 3 rings (SSSR count). The Morgan fingerprint density at radius 2 is 1.83 bits per heavy atom. The lowest BCUT2D eigenvalue weighted by Crippen LogP contribution is -2.45. The summed E-state index contributed by atoms with van der Waals surface area (Å²) in [6.07, 6.45) is 7.05. The average Bonchev–Trinajstić information content (AvgIpc) is 3.00. The molecular weight excluding hydrogens is 310 g/mol. The highest BCUT2D eigenvalue weighted by Gasteiger charge is 2.20. The van der Waals surface area contributed by atoms with Crippen molar-refractivity contribution in [3.63, 3.8) is 0 Å². The highest BCUT2D eigenvalue weighted by molar-refractivity contribution is 7.89. The van der Waals surface area contributed by atoms with E-state index in [0.29, 0.717) is 18.0 Å². The predicted molar refractivity (Wildman–Crippen MR) is 90.2 cm³/mol. The van der Waals surface area contributed by atoms with Crippen molar-refractivity contribution in [2.45, 2.75) is 24.8 Å². The number of hydrazine groups is 1. The third kappa shape index (κ3) is 4.10. The lowest BCUT2D eigenvalue weighted by Gasteiger charge is -2.27. The van der Waals surface area contributed by atoms with Gasteiger partial charge in [-0.3, -0.25) is 0 Å². The van der Waals surface area contributed by atoms with Gasteiger partial charge in [0.15, 0.2) is 0 Å². The minimum absolute atomic E-state index is 0.296. The summed E-state index contributed by atoms with van der Waals surface area (Å²) in [6.45, 7) is 4.01. The van der Waals surface area contributed by atoms with Crippen LogP contribution in [0.2, 0.25) is 0 Å². The van der Waals surface area contributed by atoms with Crippen molar-refractivity contribution in [2.24, 2.45) is 0 Å². The van der Waals surface area contributed by atoms with E-state index in [9.17, 15) is 8.42 Å². The number of nitrogens with one attached hydrogen (secondary N) is 1. The molecule has 1 aromatic heterocycles. The number of nitrogens with zero attached hydrogens (tertiary/aromatic N) is 2. The monoisotopic (exact) mass is 331 g/mol. The molecule has 5 nitrogen and oxygen atoms in total. The molecule has 1 aliphatic heterocycles. The first kappa shape index (κ1) is 16.0. The van der Waals surface area contributed by atoms with Crippen molar-refractivity contribution in [3.8, 4) is 0 Å². The molecular formula is C17H21N3O2S. The van der Waals surface area contributed by atoms with Crippen LogP contribution in [0.1, 0.15) is 12.0 Å². The zero-order valence-corrected chi connectivity index (χ0v) is 14.0. The Bertz CT molecular complexity index is 778. The second-order valence-corrected chi connectivity index (χ2v) is 7.50. The van der Waals surface area contributed by atoms with E-state index in [1.807, 2.05) is 43.6 Å². The predicted octanol–water partition coefficient (Wildman–Crippen LogP) is 2.32. The lowest BCUT2D eigenvalue weighted by molar-refractivity contribution is 0.251. The SMILES string of the molecule is Cc1ccc(S(=O)(=O)NN2CCC=C(Cn3cccc3)C2)cc1. The Kier molecular flexibility index (Phi) is 4.66. The zero-order valence-electron chi connectivity index (χ0n) is 13.1. The molecule has 1 aliphatic rings. The maximum Gasteiger partial charge on any atom is 0.253 e. The third-order valence-electron chi connectivity index (χ3n) is 3.86. The van der Waals surface area contributed by atoms with Crippen LogP contribution in [0.15, 0.2) is 65.3 Å².